The second-order valence-corrected chi connectivity index (χ2v) is 5.62. The van der Waals surface area contributed by atoms with Crippen molar-refractivity contribution in [3.63, 3.8) is 0 Å². The van der Waals surface area contributed by atoms with Gasteiger partial charge < -0.3 is 5.32 Å². The van der Waals surface area contributed by atoms with Gasteiger partial charge in [0, 0.05) is 24.4 Å². The largest absolute Gasteiger partial charge is 0.313 e. The molecule has 0 bridgehead atoms. The van der Waals surface area contributed by atoms with Crippen LogP contribution in [0, 0.1) is 0 Å². The lowest BCUT2D eigenvalue weighted by atomic mass is 9.77. The van der Waals surface area contributed by atoms with E-state index < -0.39 is 0 Å². The number of pyridine rings is 1. The molecule has 0 saturated heterocycles. The van der Waals surface area contributed by atoms with Crippen molar-refractivity contribution in [2.45, 2.75) is 37.6 Å². The van der Waals surface area contributed by atoms with Gasteiger partial charge in [0.05, 0.1) is 0 Å². The highest BCUT2D eigenvalue weighted by Crippen LogP contribution is 2.39. The molecule has 0 spiro atoms. The molecule has 3 rings (SSSR count). The van der Waals surface area contributed by atoms with Crippen molar-refractivity contribution in [1.29, 1.82) is 0 Å². The van der Waals surface area contributed by atoms with E-state index in [0.29, 0.717) is 6.04 Å². The van der Waals surface area contributed by atoms with Gasteiger partial charge in [-0.3, -0.25) is 4.98 Å². The number of aromatic nitrogens is 1. The molecular weight excluding hydrogens is 244 g/mol. The molecule has 1 heterocycles. The Morgan fingerprint density at radius 3 is 2.60 bits per heavy atom. The number of hydrogen-bond acceptors (Lipinski definition) is 2. The summed E-state index contributed by atoms with van der Waals surface area (Å²) in [5, 5.41) is 3.47. The zero-order chi connectivity index (χ0) is 13.8. The molecule has 20 heavy (non-hydrogen) atoms. The van der Waals surface area contributed by atoms with Crippen molar-refractivity contribution in [2.75, 3.05) is 7.05 Å². The average Bonchev–Trinajstić information content (AvgIpc) is 2.45. The standard InChI is InChI=1S/C18H22N2/c1-19-18(13-15-9-4-5-12-20-15)17-11-3-2-10-16(17)14-7-6-8-14/h2-5,9-12,14,18-19H,6-8,13H2,1H3. The maximum Gasteiger partial charge on any atom is 0.0422 e. The maximum atomic E-state index is 4.46. The maximum absolute atomic E-state index is 4.46. The number of nitrogens with one attached hydrogen (secondary N) is 1. The summed E-state index contributed by atoms with van der Waals surface area (Å²) in [4.78, 5) is 4.46. The van der Waals surface area contributed by atoms with Crippen LogP contribution in [-0.2, 0) is 6.42 Å². The third kappa shape index (κ3) is 2.75. The van der Waals surface area contributed by atoms with Crippen LogP contribution in [0.1, 0.15) is 48.0 Å². The molecule has 1 N–H and O–H groups in total. The van der Waals surface area contributed by atoms with Crippen molar-refractivity contribution >= 4 is 0 Å². The lowest BCUT2D eigenvalue weighted by Gasteiger charge is -2.30. The van der Waals surface area contributed by atoms with E-state index in [0.717, 1.165) is 18.0 Å². The van der Waals surface area contributed by atoms with Crippen LogP contribution >= 0.6 is 0 Å². The second-order valence-electron chi connectivity index (χ2n) is 5.62. The number of rotatable bonds is 5. The van der Waals surface area contributed by atoms with Gasteiger partial charge in [-0.15, -0.1) is 0 Å². The van der Waals surface area contributed by atoms with Gasteiger partial charge in [-0.05, 0) is 49.1 Å². The zero-order valence-corrected chi connectivity index (χ0v) is 12.0. The second kappa shape index (κ2) is 6.19. The summed E-state index contributed by atoms with van der Waals surface area (Å²) >= 11 is 0. The number of likely N-dealkylation sites (N-methyl/N-ethyl adjacent to an activating group) is 1. The summed E-state index contributed by atoms with van der Waals surface area (Å²) in [7, 11) is 2.05. The third-order valence-electron chi connectivity index (χ3n) is 4.40. The molecule has 1 aromatic carbocycles. The van der Waals surface area contributed by atoms with Crippen LogP contribution in [-0.4, -0.2) is 12.0 Å². The van der Waals surface area contributed by atoms with E-state index in [4.69, 9.17) is 0 Å². The highest BCUT2D eigenvalue weighted by molar-refractivity contribution is 5.35. The molecule has 0 radical (unpaired) electrons. The van der Waals surface area contributed by atoms with Crippen LogP contribution in [0.3, 0.4) is 0 Å². The first-order valence-electron chi connectivity index (χ1n) is 7.54. The topological polar surface area (TPSA) is 24.9 Å². The molecule has 1 aromatic heterocycles. The number of nitrogens with zero attached hydrogens (tertiary/aromatic N) is 1. The van der Waals surface area contributed by atoms with Crippen molar-refractivity contribution in [3.8, 4) is 0 Å². The van der Waals surface area contributed by atoms with E-state index in [1.54, 1.807) is 0 Å². The fraction of sp³-hybridized carbons (Fsp3) is 0.389. The molecule has 1 unspecified atom stereocenters. The van der Waals surface area contributed by atoms with E-state index in [9.17, 15) is 0 Å². The third-order valence-corrected chi connectivity index (χ3v) is 4.40. The van der Waals surface area contributed by atoms with Crippen LogP contribution < -0.4 is 5.32 Å². The monoisotopic (exact) mass is 266 g/mol. The summed E-state index contributed by atoms with van der Waals surface area (Å²) in [6.07, 6.45) is 6.89. The Balaban J connectivity index is 1.85. The van der Waals surface area contributed by atoms with Crippen molar-refractivity contribution in [1.82, 2.24) is 10.3 Å². The summed E-state index contributed by atoms with van der Waals surface area (Å²) in [6, 6.07) is 15.4. The van der Waals surface area contributed by atoms with Gasteiger partial charge in [0.1, 0.15) is 0 Å². The van der Waals surface area contributed by atoms with Crippen LogP contribution in [0.2, 0.25) is 0 Å². The summed E-state index contributed by atoms with van der Waals surface area (Å²) in [5.74, 6) is 0.769. The minimum absolute atomic E-state index is 0.349. The van der Waals surface area contributed by atoms with Crippen LogP contribution in [0.15, 0.2) is 48.7 Å². The van der Waals surface area contributed by atoms with E-state index in [-0.39, 0.29) is 0 Å². The summed E-state index contributed by atoms with van der Waals surface area (Å²) < 4.78 is 0. The Morgan fingerprint density at radius 1 is 1.15 bits per heavy atom. The van der Waals surface area contributed by atoms with E-state index >= 15 is 0 Å². The highest BCUT2D eigenvalue weighted by Gasteiger charge is 2.24. The Hall–Kier alpha value is -1.67. The molecule has 1 saturated carbocycles. The molecule has 0 aliphatic heterocycles. The van der Waals surface area contributed by atoms with Crippen LogP contribution in [0.4, 0.5) is 0 Å². The molecule has 0 amide bonds. The quantitative estimate of drug-likeness (QED) is 0.889. The summed E-state index contributed by atoms with van der Waals surface area (Å²) in [6.45, 7) is 0. The van der Waals surface area contributed by atoms with Gasteiger partial charge in [0.2, 0.25) is 0 Å². The Morgan fingerprint density at radius 2 is 1.95 bits per heavy atom. The van der Waals surface area contributed by atoms with Crippen molar-refractivity contribution < 1.29 is 0 Å². The minimum atomic E-state index is 0.349. The molecular formula is C18H22N2. The minimum Gasteiger partial charge on any atom is -0.313 e. The normalized spacial score (nSPS) is 16.6. The van der Waals surface area contributed by atoms with Crippen molar-refractivity contribution in [2.24, 2.45) is 0 Å². The molecule has 1 fully saturated rings. The highest BCUT2D eigenvalue weighted by atomic mass is 14.9. The van der Waals surface area contributed by atoms with E-state index in [1.165, 1.54) is 30.4 Å². The number of benzene rings is 1. The molecule has 104 valence electrons. The molecule has 2 nitrogen and oxygen atoms in total. The Bertz CT molecular complexity index is 546. The lowest BCUT2D eigenvalue weighted by Crippen LogP contribution is -2.22. The van der Waals surface area contributed by atoms with E-state index in [1.807, 2.05) is 19.3 Å². The predicted molar refractivity (Wildman–Crippen MR) is 82.8 cm³/mol. The van der Waals surface area contributed by atoms with Gasteiger partial charge in [-0.2, -0.15) is 0 Å². The average molecular weight is 266 g/mol. The van der Waals surface area contributed by atoms with Crippen LogP contribution in [0.5, 0.6) is 0 Å². The first-order chi connectivity index (χ1) is 9.88. The molecule has 2 heteroatoms. The van der Waals surface area contributed by atoms with Gasteiger partial charge in [0.25, 0.3) is 0 Å². The molecule has 1 aliphatic rings. The van der Waals surface area contributed by atoms with Crippen molar-refractivity contribution in [3.05, 3.63) is 65.5 Å². The van der Waals surface area contributed by atoms with Gasteiger partial charge in [-0.25, -0.2) is 0 Å². The Kier molecular flexibility index (Phi) is 4.12. The fourth-order valence-corrected chi connectivity index (χ4v) is 3.01. The van der Waals surface area contributed by atoms with Crippen LogP contribution in [0.25, 0.3) is 0 Å². The Labute approximate surface area is 121 Å². The first kappa shape index (κ1) is 13.3. The lowest BCUT2D eigenvalue weighted by molar-refractivity contribution is 0.412. The van der Waals surface area contributed by atoms with Gasteiger partial charge >= 0.3 is 0 Å². The first-order valence-corrected chi connectivity index (χ1v) is 7.54. The predicted octanol–water partition coefficient (Wildman–Crippen LogP) is 3.85. The fourth-order valence-electron chi connectivity index (χ4n) is 3.01. The zero-order valence-electron chi connectivity index (χ0n) is 12.0. The summed E-state index contributed by atoms with van der Waals surface area (Å²) in [5.41, 5.74) is 4.13. The van der Waals surface area contributed by atoms with Gasteiger partial charge in [-0.1, -0.05) is 36.8 Å². The SMILES string of the molecule is CNC(Cc1ccccn1)c1ccccc1C1CCC1. The molecule has 1 atom stereocenters. The smallest absolute Gasteiger partial charge is 0.0422 e. The van der Waals surface area contributed by atoms with E-state index in [2.05, 4.69) is 46.7 Å². The molecule has 1 aliphatic carbocycles. The number of hydrogen-bond donors (Lipinski definition) is 1. The molecule has 2 aromatic rings. The van der Waals surface area contributed by atoms with Gasteiger partial charge in [0.15, 0.2) is 0 Å².